The highest BCUT2D eigenvalue weighted by atomic mass is 16.5. The number of carbonyl (C=O) groups is 2. The van der Waals surface area contributed by atoms with E-state index in [0.29, 0.717) is 26.2 Å². The van der Waals surface area contributed by atoms with Crippen LogP contribution in [0.4, 0.5) is 0 Å². The minimum atomic E-state index is -1.16. The number of hydrogen-bond acceptors (Lipinski definition) is 4. The molecular weight excluding hydrogens is 250 g/mol. The van der Waals surface area contributed by atoms with E-state index in [1.165, 1.54) is 11.8 Å². The van der Waals surface area contributed by atoms with Gasteiger partial charge in [0.2, 0.25) is 0 Å². The summed E-state index contributed by atoms with van der Waals surface area (Å²) in [4.78, 5) is 24.6. The number of aliphatic hydroxyl groups excluding tert-OH is 1. The Morgan fingerprint density at radius 1 is 1.32 bits per heavy atom. The Morgan fingerprint density at radius 2 is 1.95 bits per heavy atom. The van der Waals surface area contributed by atoms with Crippen molar-refractivity contribution in [2.45, 2.75) is 44.8 Å². The molecule has 2 atom stereocenters. The highest BCUT2D eigenvalue weighted by Crippen LogP contribution is 2.41. The fourth-order valence-electron chi connectivity index (χ4n) is 3.09. The summed E-state index contributed by atoms with van der Waals surface area (Å²) in [5.41, 5.74) is -0.0330. The predicted molar refractivity (Wildman–Crippen MR) is 66.5 cm³/mol. The monoisotopic (exact) mass is 271 g/mol. The zero-order valence-corrected chi connectivity index (χ0v) is 11.2. The van der Waals surface area contributed by atoms with Crippen molar-refractivity contribution in [2.75, 3.05) is 19.8 Å². The second-order valence-electron chi connectivity index (χ2n) is 5.65. The largest absolute Gasteiger partial charge is 0.480 e. The van der Waals surface area contributed by atoms with E-state index >= 15 is 0 Å². The number of piperidine rings is 1. The fraction of sp³-hybridized carbons (Fsp3) is 0.846. The minimum absolute atomic E-state index is 0.0330. The van der Waals surface area contributed by atoms with Crippen molar-refractivity contribution >= 4 is 11.9 Å². The van der Waals surface area contributed by atoms with Crippen molar-refractivity contribution in [1.82, 2.24) is 4.90 Å². The van der Waals surface area contributed by atoms with E-state index in [-0.39, 0.29) is 5.41 Å². The number of ether oxygens (including phenoxy) is 1. The molecule has 2 aliphatic rings. The summed E-state index contributed by atoms with van der Waals surface area (Å²) in [6.07, 6.45) is 1.80. The lowest BCUT2D eigenvalue weighted by Crippen LogP contribution is -2.57. The zero-order chi connectivity index (χ0) is 14.0. The van der Waals surface area contributed by atoms with Crippen LogP contribution >= 0.6 is 0 Å². The molecule has 2 aliphatic heterocycles. The van der Waals surface area contributed by atoms with Crippen molar-refractivity contribution in [3.8, 4) is 0 Å². The second kappa shape index (κ2) is 5.46. The Kier molecular flexibility index (Phi) is 4.10. The lowest BCUT2D eigenvalue weighted by Gasteiger charge is -2.47. The maximum atomic E-state index is 12.0. The van der Waals surface area contributed by atoms with Gasteiger partial charge in [0, 0.05) is 19.8 Å². The number of carboxylic acid groups (broad SMARTS) is 1. The number of carbonyl (C=O) groups excluding carboxylic acids is 1. The van der Waals surface area contributed by atoms with Crippen molar-refractivity contribution in [3.05, 3.63) is 0 Å². The Morgan fingerprint density at radius 3 is 2.47 bits per heavy atom. The topological polar surface area (TPSA) is 87.1 Å². The summed E-state index contributed by atoms with van der Waals surface area (Å²) in [5, 5.41) is 18.7. The van der Waals surface area contributed by atoms with Crippen LogP contribution in [0.1, 0.15) is 32.6 Å². The average Bonchev–Trinajstić information content (AvgIpc) is 2.38. The molecule has 0 aliphatic carbocycles. The number of aliphatic carboxylic acids is 1. The second-order valence-corrected chi connectivity index (χ2v) is 5.65. The van der Waals surface area contributed by atoms with Crippen LogP contribution in [0.15, 0.2) is 0 Å². The van der Waals surface area contributed by atoms with Crippen molar-refractivity contribution in [2.24, 2.45) is 5.41 Å². The van der Waals surface area contributed by atoms with Gasteiger partial charge >= 0.3 is 5.97 Å². The summed E-state index contributed by atoms with van der Waals surface area (Å²) in [6, 6.07) is -0.810. The third-order valence-corrected chi connectivity index (χ3v) is 4.31. The number of rotatable bonds is 2. The van der Waals surface area contributed by atoms with E-state index in [1.54, 1.807) is 0 Å². The third-order valence-electron chi connectivity index (χ3n) is 4.31. The Bertz CT molecular complexity index is 362. The van der Waals surface area contributed by atoms with Gasteiger partial charge in [0.25, 0.3) is 5.91 Å². The summed E-state index contributed by atoms with van der Waals surface area (Å²) < 4.78 is 5.35. The van der Waals surface area contributed by atoms with Gasteiger partial charge in [-0.05, 0) is 38.0 Å². The quantitative estimate of drug-likeness (QED) is 0.751. The van der Waals surface area contributed by atoms with Gasteiger partial charge in [-0.25, -0.2) is 4.79 Å². The van der Waals surface area contributed by atoms with Gasteiger partial charge in [-0.15, -0.1) is 0 Å². The van der Waals surface area contributed by atoms with Crippen LogP contribution in [-0.4, -0.2) is 58.9 Å². The molecule has 0 bridgehead atoms. The third kappa shape index (κ3) is 2.90. The molecule has 2 saturated heterocycles. The molecule has 0 aromatic heterocycles. The first-order valence-electron chi connectivity index (χ1n) is 6.74. The number of likely N-dealkylation sites (tertiary alicyclic amines) is 1. The van der Waals surface area contributed by atoms with Gasteiger partial charge in [0.1, 0.15) is 12.1 Å². The molecule has 2 heterocycles. The summed E-state index contributed by atoms with van der Waals surface area (Å²) in [5.74, 6) is -1.48. The molecule has 6 nitrogen and oxygen atoms in total. The standard InChI is InChI=1S/C13H21NO5/c1-9(15)11(16)14-8-13(4-6-19-7-5-13)3-2-10(14)12(17)18/h9-10,15H,2-8H2,1H3,(H,17,18). The normalized spacial score (nSPS) is 28.1. The van der Waals surface area contributed by atoms with Gasteiger partial charge in [-0.1, -0.05) is 0 Å². The zero-order valence-electron chi connectivity index (χ0n) is 11.2. The molecule has 2 rings (SSSR count). The molecule has 6 heteroatoms. The molecule has 0 aromatic carbocycles. The highest BCUT2D eigenvalue weighted by Gasteiger charge is 2.45. The van der Waals surface area contributed by atoms with Gasteiger partial charge in [-0.3, -0.25) is 4.79 Å². The van der Waals surface area contributed by atoms with Crippen molar-refractivity contribution in [1.29, 1.82) is 0 Å². The first kappa shape index (κ1) is 14.3. The van der Waals surface area contributed by atoms with Crippen LogP contribution in [0.3, 0.4) is 0 Å². The van der Waals surface area contributed by atoms with E-state index in [2.05, 4.69) is 0 Å². The number of carboxylic acids is 1. The maximum Gasteiger partial charge on any atom is 0.326 e. The van der Waals surface area contributed by atoms with Crippen LogP contribution in [0.2, 0.25) is 0 Å². The number of nitrogens with zero attached hydrogens (tertiary/aromatic N) is 1. The van der Waals surface area contributed by atoms with Crippen LogP contribution in [0, 0.1) is 5.41 Å². The smallest absolute Gasteiger partial charge is 0.326 e. The lowest BCUT2D eigenvalue weighted by molar-refractivity contribution is -0.161. The predicted octanol–water partition coefficient (Wildman–Crippen LogP) is 0.240. The number of hydrogen-bond donors (Lipinski definition) is 2. The van der Waals surface area contributed by atoms with E-state index < -0.39 is 24.0 Å². The van der Waals surface area contributed by atoms with E-state index in [0.717, 1.165) is 19.3 Å². The molecule has 2 N–H and O–H groups in total. The SMILES string of the molecule is CC(O)C(=O)N1CC2(CCOCC2)CCC1C(=O)O. The van der Waals surface area contributed by atoms with Gasteiger partial charge in [0.05, 0.1) is 0 Å². The van der Waals surface area contributed by atoms with Crippen LogP contribution in [0.25, 0.3) is 0 Å². The van der Waals surface area contributed by atoms with Gasteiger partial charge in [-0.2, -0.15) is 0 Å². The highest BCUT2D eigenvalue weighted by molar-refractivity contribution is 5.86. The Hall–Kier alpha value is -1.14. The summed E-state index contributed by atoms with van der Waals surface area (Å²) >= 11 is 0. The first-order valence-corrected chi connectivity index (χ1v) is 6.74. The molecule has 2 fully saturated rings. The molecule has 19 heavy (non-hydrogen) atoms. The fourth-order valence-corrected chi connectivity index (χ4v) is 3.09. The van der Waals surface area contributed by atoms with Crippen LogP contribution in [-0.2, 0) is 14.3 Å². The molecule has 2 unspecified atom stereocenters. The summed E-state index contributed by atoms with van der Waals surface area (Å²) in [7, 11) is 0. The minimum Gasteiger partial charge on any atom is -0.480 e. The Labute approximate surface area is 112 Å². The number of aliphatic hydroxyl groups is 1. The van der Waals surface area contributed by atoms with Crippen LogP contribution < -0.4 is 0 Å². The molecule has 0 aromatic rings. The van der Waals surface area contributed by atoms with Gasteiger partial charge < -0.3 is 19.8 Å². The van der Waals surface area contributed by atoms with Crippen LogP contribution in [0.5, 0.6) is 0 Å². The average molecular weight is 271 g/mol. The van der Waals surface area contributed by atoms with Gasteiger partial charge in [0.15, 0.2) is 0 Å². The maximum absolute atomic E-state index is 12.0. The molecule has 0 saturated carbocycles. The van der Waals surface area contributed by atoms with E-state index in [9.17, 15) is 19.8 Å². The van der Waals surface area contributed by atoms with E-state index in [4.69, 9.17) is 4.74 Å². The van der Waals surface area contributed by atoms with Crippen molar-refractivity contribution < 1.29 is 24.5 Å². The lowest BCUT2D eigenvalue weighted by atomic mass is 9.72. The molecular formula is C13H21NO5. The molecule has 0 radical (unpaired) electrons. The van der Waals surface area contributed by atoms with Crippen molar-refractivity contribution in [3.63, 3.8) is 0 Å². The Balaban J connectivity index is 2.17. The first-order chi connectivity index (χ1) is 8.95. The van der Waals surface area contributed by atoms with E-state index in [1.807, 2.05) is 0 Å². The summed E-state index contributed by atoms with van der Waals surface area (Å²) in [6.45, 7) is 3.12. The molecule has 1 spiro atoms. The number of amides is 1. The molecule has 1 amide bonds. The molecule has 108 valence electrons.